The fourth-order valence-electron chi connectivity index (χ4n) is 2.26. The van der Waals surface area contributed by atoms with E-state index in [1.165, 1.54) is 18.4 Å². The Morgan fingerprint density at radius 3 is 3.00 bits per heavy atom. The van der Waals surface area contributed by atoms with E-state index < -0.39 is 6.10 Å². The molecule has 1 aromatic carbocycles. The van der Waals surface area contributed by atoms with Crippen molar-refractivity contribution in [2.45, 2.75) is 24.9 Å². The molecule has 0 spiro atoms. The second kappa shape index (κ2) is 5.43. The maximum absolute atomic E-state index is 9.59. The number of benzene rings is 1. The first-order valence-electron chi connectivity index (χ1n) is 5.90. The zero-order valence-corrected chi connectivity index (χ0v) is 9.39. The molecular formula is C13H19NO2. The van der Waals surface area contributed by atoms with E-state index in [0.717, 1.165) is 18.7 Å². The van der Waals surface area contributed by atoms with Crippen LogP contribution in [0.3, 0.4) is 0 Å². The summed E-state index contributed by atoms with van der Waals surface area (Å²) in [4.78, 5) is 0. The van der Waals surface area contributed by atoms with Crippen LogP contribution in [0.5, 0.6) is 0 Å². The van der Waals surface area contributed by atoms with Gasteiger partial charge in [0.05, 0.1) is 6.61 Å². The molecule has 1 heterocycles. The third-order valence-corrected chi connectivity index (χ3v) is 3.24. The van der Waals surface area contributed by atoms with Gasteiger partial charge in [-0.05, 0) is 36.4 Å². The largest absolute Gasteiger partial charge is 0.393 e. The fraction of sp³-hybridized carbons (Fsp3) is 0.538. The fourth-order valence-corrected chi connectivity index (χ4v) is 2.26. The molecule has 1 aliphatic rings. The van der Waals surface area contributed by atoms with E-state index in [1.54, 1.807) is 0 Å². The lowest BCUT2D eigenvalue weighted by Gasteiger charge is -2.23. The minimum Gasteiger partial charge on any atom is -0.393 e. The molecule has 2 unspecified atom stereocenters. The predicted molar refractivity (Wildman–Crippen MR) is 63.3 cm³/mol. The summed E-state index contributed by atoms with van der Waals surface area (Å²) in [7, 11) is 0. The van der Waals surface area contributed by atoms with Gasteiger partial charge in [0.25, 0.3) is 0 Å². The van der Waals surface area contributed by atoms with Gasteiger partial charge in [-0.25, -0.2) is 0 Å². The molecule has 1 saturated heterocycles. The number of hydrogen-bond donors (Lipinski definition) is 3. The Labute approximate surface area is 96.1 Å². The Hall–Kier alpha value is -0.900. The van der Waals surface area contributed by atoms with Crippen LogP contribution in [0.4, 0.5) is 0 Å². The van der Waals surface area contributed by atoms with Crippen LogP contribution in [0.25, 0.3) is 0 Å². The number of aliphatic hydroxyl groups excluding tert-OH is 2. The van der Waals surface area contributed by atoms with Crippen LogP contribution < -0.4 is 5.32 Å². The quantitative estimate of drug-likeness (QED) is 0.718. The van der Waals surface area contributed by atoms with Crippen LogP contribution in [-0.2, 0) is 0 Å². The number of aliphatic hydroxyl groups is 2. The summed E-state index contributed by atoms with van der Waals surface area (Å²) in [6.45, 7) is 1.90. The second-order valence-corrected chi connectivity index (χ2v) is 4.41. The molecule has 3 N–H and O–H groups in total. The molecule has 0 amide bonds. The Morgan fingerprint density at radius 1 is 1.44 bits per heavy atom. The highest BCUT2D eigenvalue weighted by Crippen LogP contribution is 2.25. The maximum atomic E-state index is 9.59. The SMILES string of the molecule is OCC(O)c1cccc(C2CCCNC2)c1. The van der Waals surface area contributed by atoms with E-state index in [9.17, 15) is 5.11 Å². The Bertz CT molecular complexity index is 334. The molecule has 1 aromatic rings. The van der Waals surface area contributed by atoms with Crippen molar-refractivity contribution in [3.8, 4) is 0 Å². The summed E-state index contributed by atoms with van der Waals surface area (Å²) >= 11 is 0. The summed E-state index contributed by atoms with van der Waals surface area (Å²) in [6, 6.07) is 7.93. The van der Waals surface area contributed by atoms with E-state index in [1.807, 2.05) is 18.2 Å². The highest BCUT2D eigenvalue weighted by molar-refractivity contribution is 5.28. The molecule has 0 aromatic heterocycles. The molecule has 2 atom stereocenters. The normalized spacial score (nSPS) is 23.0. The van der Waals surface area contributed by atoms with Crippen LogP contribution >= 0.6 is 0 Å². The molecule has 0 bridgehead atoms. The lowest BCUT2D eigenvalue weighted by molar-refractivity contribution is 0.0955. The van der Waals surface area contributed by atoms with Gasteiger partial charge in [0.2, 0.25) is 0 Å². The number of hydrogen-bond acceptors (Lipinski definition) is 3. The van der Waals surface area contributed by atoms with Gasteiger partial charge in [0, 0.05) is 6.54 Å². The molecule has 2 rings (SSSR count). The van der Waals surface area contributed by atoms with Crippen LogP contribution in [0.2, 0.25) is 0 Å². The molecule has 3 nitrogen and oxygen atoms in total. The van der Waals surface area contributed by atoms with Crippen molar-refractivity contribution in [1.82, 2.24) is 5.32 Å². The minimum atomic E-state index is -0.753. The van der Waals surface area contributed by atoms with Crippen LogP contribution in [0.15, 0.2) is 24.3 Å². The van der Waals surface area contributed by atoms with Crippen LogP contribution in [0.1, 0.15) is 36.0 Å². The van der Waals surface area contributed by atoms with E-state index in [-0.39, 0.29) is 6.61 Å². The first-order valence-corrected chi connectivity index (χ1v) is 5.90. The summed E-state index contributed by atoms with van der Waals surface area (Å²) in [5.74, 6) is 0.541. The molecule has 3 heteroatoms. The monoisotopic (exact) mass is 221 g/mol. The van der Waals surface area contributed by atoms with Gasteiger partial charge in [-0.15, -0.1) is 0 Å². The first kappa shape index (κ1) is 11.6. The second-order valence-electron chi connectivity index (χ2n) is 4.41. The van der Waals surface area contributed by atoms with Gasteiger partial charge in [-0.2, -0.15) is 0 Å². The average Bonchev–Trinajstić information content (AvgIpc) is 2.39. The highest BCUT2D eigenvalue weighted by atomic mass is 16.3. The van der Waals surface area contributed by atoms with E-state index in [4.69, 9.17) is 5.11 Å². The standard InChI is InChI=1S/C13H19NO2/c15-9-13(16)11-4-1-3-10(7-11)12-5-2-6-14-8-12/h1,3-4,7,12-16H,2,5-6,8-9H2. The van der Waals surface area contributed by atoms with Gasteiger partial charge in [0.15, 0.2) is 0 Å². The topological polar surface area (TPSA) is 52.5 Å². The molecule has 0 saturated carbocycles. The Morgan fingerprint density at radius 2 is 2.31 bits per heavy atom. The molecule has 1 fully saturated rings. The summed E-state index contributed by atoms with van der Waals surface area (Å²) in [5.41, 5.74) is 2.07. The third kappa shape index (κ3) is 2.61. The van der Waals surface area contributed by atoms with Gasteiger partial charge >= 0.3 is 0 Å². The Kier molecular flexibility index (Phi) is 3.93. The third-order valence-electron chi connectivity index (χ3n) is 3.24. The van der Waals surface area contributed by atoms with E-state index in [0.29, 0.717) is 5.92 Å². The summed E-state index contributed by atoms with van der Waals surface area (Å²) in [6.07, 6.45) is 1.65. The maximum Gasteiger partial charge on any atom is 0.102 e. The van der Waals surface area contributed by atoms with Crippen molar-refractivity contribution in [3.05, 3.63) is 35.4 Å². The van der Waals surface area contributed by atoms with Crippen molar-refractivity contribution in [3.63, 3.8) is 0 Å². The van der Waals surface area contributed by atoms with Crippen molar-refractivity contribution < 1.29 is 10.2 Å². The zero-order chi connectivity index (χ0) is 11.4. The summed E-state index contributed by atoms with van der Waals surface area (Å²) < 4.78 is 0. The highest BCUT2D eigenvalue weighted by Gasteiger charge is 2.16. The molecule has 0 aliphatic carbocycles. The number of nitrogens with one attached hydrogen (secondary N) is 1. The minimum absolute atomic E-state index is 0.216. The molecule has 0 radical (unpaired) electrons. The van der Waals surface area contributed by atoms with Gasteiger partial charge in [0.1, 0.15) is 6.10 Å². The molecule has 16 heavy (non-hydrogen) atoms. The van der Waals surface area contributed by atoms with Crippen molar-refractivity contribution in [2.75, 3.05) is 19.7 Å². The summed E-state index contributed by atoms with van der Waals surface area (Å²) in [5, 5.41) is 21.9. The van der Waals surface area contributed by atoms with E-state index >= 15 is 0 Å². The Balaban J connectivity index is 2.14. The van der Waals surface area contributed by atoms with E-state index in [2.05, 4.69) is 11.4 Å². The molecule has 1 aliphatic heterocycles. The van der Waals surface area contributed by atoms with Gasteiger partial charge < -0.3 is 15.5 Å². The lowest BCUT2D eigenvalue weighted by atomic mass is 9.90. The molecule has 88 valence electrons. The van der Waals surface area contributed by atoms with Crippen molar-refractivity contribution in [1.29, 1.82) is 0 Å². The van der Waals surface area contributed by atoms with Gasteiger partial charge in [-0.1, -0.05) is 24.3 Å². The predicted octanol–water partition coefficient (Wildman–Crippen LogP) is 1.18. The van der Waals surface area contributed by atoms with Crippen molar-refractivity contribution in [2.24, 2.45) is 0 Å². The zero-order valence-electron chi connectivity index (χ0n) is 9.39. The molecular weight excluding hydrogens is 202 g/mol. The van der Waals surface area contributed by atoms with Crippen molar-refractivity contribution >= 4 is 0 Å². The lowest BCUT2D eigenvalue weighted by Crippen LogP contribution is -2.28. The number of rotatable bonds is 3. The first-order chi connectivity index (χ1) is 7.81. The smallest absolute Gasteiger partial charge is 0.102 e. The van der Waals surface area contributed by atoms with Crippen LogP contribution in [-0.4, -0.2) is 29.9 Å². The average molecular weight is 221 g/mol. The van der Waals surface area contributed by atoms with Gasteiger partial charge in [-0.3, -0.25) is 0 Å². The number of piperidine rings is 1. The van der Waals surface area contributed by atoms with Crippen LogP contribution in [0, 0.1) is 0 Å².